The molecule has 4 aliphatic rings. The number of aromatic nitrogens is 5. The number of nitrogens with zero attached hydrogens (tertiary/aromatic N) is 6. The van der Waals surface area contributed by atoms with Crippen molar-refractivity contribution < 1.29 is 18.8 Å². The van der Waals surface area contributed by atoms with Crippen molar-refractivity contribution in [1.82, 2.24) is 29.2 Å². The van der Waals surface area contributed by atoms with Gasteiger partial charge in [-0.2, -0.15) is 4.98 Å². The van der Waals surface area contributed by atoms with Crippen LogP contribution in [0.25, 0.3) is 22.7 Å². The largest absolute Gasteiger partial charge is 0.471 e. The zero-order chi connectivity index (χ0) is 28.5. The van der Waals surface area contributed by atoms with Crippen molar-refractivity contribution in [1.29, 1.82) is 0 Å². The second-order valence-electron chi connectivity index (χ2n) is 12.7. The molecule has 3 aromatic heterocycles. The van der Waals surface area contributed by atoms with Crippen LogP contribution in [-0.2, 0) is 28.4 Å². The minimum atomic E-state index is -0.565. The number of carbonyl (C=O) groups is 1. The first-order chi connectivity index (χ1) is 19.8. The van der Waals surface area contributed by atoms with E-state index in [1.54, 1.807) is 16.2 Å². The second-order valence-corrected chi connectivity index (χ2v) is 12.7. The van der Waals surface area contributed by atoms with E-state index in [1.807, 2.05) is 6.92 Å². The van der Waals surface area contributed by atoms with Gasteiger partial charge in [-0.1, -0.05) is 11.6 Å². The number of likely N-dealkylation sites (N-methyl/N-ethyl adjacent to an activating group) is 1. The molecule has 2 aliphatic carbocycles. The fourth-order valence-electron chi connectivity index (χ4n) is 7.89. The molecule has 1 saturated carbocycles. The summed E-state index contributed by atoms with van der Waals surface area (Å²) in [5, 5.41) is 4.52. The average Bonchev–Trinajstić information content (AvgIpc) is 3.73. The molecule has 2 aliphatic heterocycles. The minimum absolute atomic E-state index is 0.0580. The third-order valence-corrected chi connectivity index (χ3v) is 10.1. The summed E-state index contributed by atoms with van der Waals surface area (Å²) < 4.78 is 21.8. The Balaban J connectivity index is 1.39. The predicted molar refractivity (Wildman–Crippen MR) is 151 cm³/mol. The number of rotatable bonds is 5. The number of aryl methyl sites for hydroxylation is 1. The summed E-state index contributed by atoms with van der Waals surface area (Å²) in [6.07, 6.45) is 8.60. The van der Waals surface area contributed by atoms with Gasteiger partial charge >= 0.3 is 5.69 Å². The SMILES string of the molecule is C[C@H](Oc1nc(-c2onc3c2CCC[C@@]32CCCCC2=O)nc2c1n(C)c(=O)n2[C@H]1CO[C@@H](C)C1)[C@@H]1CCCN1C. The molecule has 0 N–H and O–H groups in total. The molecular formula is C30H40N6O5. The van der Waals surface area contributed by atoms with Crippen molar-refractivity contribution in [3.63, 3.8) is 0 Å². The molecular weight excluding hydrogens is 524 g/mol. The van der Waals surface area contributed by atoms with Crippen molar-refractivity contribution in [2.75, 3.05) is 20.2 Å². The van der Waals surface area contributed by atoms with E-state index < -0.39 is 5.41 Å². The van der Waals surface area contributed by atoms with Crippen LogP contribution < -0.4 is 10.4 Å². The number of hydrogen-bond donors (Lipinski definition) is 0. The van der Waals surface area contributed by atoms with Crippen LogP contribution in [0, 0.1) is 0 Å². The van der Waals surface area contributed by atoms with Gasteiger partial charge in [0.25, 0.3) is 0 Å². The van der Waals surface area contributed by atoms with Crippen LogP contribution in [0.4, 0.5) is 0 Å². The third kappa shape index (κ3) is 4.18. The maximum absolute atomic E-state index is 13.7. The second kappa shape index (κ2) is 10.0. The lowest BCUT2D eigenvalue weighted by Crippen LogP contribution is -2.41. The zero-order valence-electron chi connectivity index (χ0n) is 24.5. The molecule has 3 aromatic rings. The summed E-state index contributed by atoms with van der Waals surface area (Å²) in [4.78, 5) is 39.1. The highest BCUT2D eigenvalue weighted by Gasteiger charge is 2.48. The highest BCUT2D eigenvalue weighted by Crippen LogP contribution is 2.47. The smallest absolute Gasteiger partial charge is 0.330 e. The number of ketones is 1. The van der Waals surface area contributed by atoms with Crippen molar-refractivity contribution in [3.05, 3.63) is 21.7 Å². The fourth-order valence-corrected chi connectivity index (χ4v) is 7.89. The van der Waals surface area contributed by atoms with E-state index >= 15 is 0 Å². The normalized spacial score (nSPS) is 29.5. The maximum atomic E-state index is 13.7. The Morgan fingerprint density at radius 3 is 2.63 bits per heavy atom. The van der Waals surface area contributed by atoms with Crippen LogP contribution in [-0.4, -0.2) is 73.4 Å². The molecule has 5 atom stereocenters. The van der Waals surface area contributed by atoms with Crippen LogP contribution in [0.3, 0.4) is 0 Å². The molecule has 220 valence electrons. The van der Waals surface area contributed by atoms with Crippen LogP contribution >= 0.6 is 0 Å². The van der Waals surface area contributed by atoms with Crippen LogP contribution in [0.15, 0.2) is 9.32 Å². The molecule has 3 fully saturated rings. The summed E-state index contributed by atoms with van der Waals surface area (Å²) in [6.45, 7) is 5.56. The van der Waals surface area contributed by atoms with Crippen molar-refractivity contribution in [2.24, 2.45) is 7.05 Å². The number of carbonyl (C=O) groups excluding carboxylic acids is 1. The Hall–Kier alpha value is -3.05. The van der Waals surface area contributed by atoms with E-state index in [9.17, 15) is 9.59 Å². The molecule has 1 spiro atoms. The van der Waals surface area contributed by atoms with Gasteiger partial charge in [0.05, 0.1) is 24.2 Å². The van der Waals surface area contributed by atoms with Gasteiger partial charge in [0.2, 0.25) is 17.5 Å². The standard InChI is InChI=1S/C30H40N6O5/c1-17-15-19(16-39-17)36-27-23(35(4)29(36)38)28(40-18(2)21-10-8-14-34(21)3)32-26(31-27)24-20-9-7-13-30(25(20)33-41-24)12-6-5-11-22(30)37/h17-19,21H,5-16H2,1-4H3/t17-,18-,19+,21-,30+/m0/s1. The molecule has 11 heteroatoms. The first kappa shape index (κ1) is 26.8. The topological polar surface area (TPSA) is 118 Å². The summed E-state index contributed by atoms with van der Waals surface area (Å²) in [5.41, 5.74) is 2.03. The molecule has 2 saturated heterocycles. The molecule has 7 rings (SSSR count). The van der Waals surface area contributed by atoms with Gasteiger partial charge in [0, 0.05) is 25.1 Å². The number of imidazole rings is 1. The molecule has 41 heavy (non-hydrogen) atoms. The molecule has 0 aromatic carbocycles. The molecule has 5 heterocycles. The number of hydrogen-bond acceptors (Lipinski definition) is 9. The average molecular weight is 565 g/mol. The van der Waals surface area contributed by atoms with Gasteiger partial charge in [-0.3, -0.25) is 18.8 Å². The van der Waals surface area contributed by atoms with Gasteiger partial charge < -0.3 is 14.0 Å². The van der Waals surface area contributed by atoms with Gasteiger partial charge in [0.1, 0.15) is 17.6 Å². The van der Waals surface area contributed by atoms with Crippen LogP contribution in [0.2, 0.25) is 0 Å². The van der Waals surface area contributed by atoms with E-state index in [0.717, 1.165) is 75.6 Å². The Morgan fingerprint density at radius 2 is 1.90 bits per heavy atom. The first-order valence-corrected chi connectivity index (χ1v) is 15.3. The number of fused-ring (bicyclic) bond motifs is 3. The Bertz CT molecular complexity index is 1560. The van der Waals surface area contributed by atoms with Gasteiger partial charge in [0.15, 0.2) is 11.2 Å². The van der Waals surface area contributed by atoms with Crippen molar-refractivity contribution >= 4 is 16.9 Å². The van der Waals surface area contributed by atoms with Crippen molar-refractivity contribution in [3.8, 4) is 17.5 Å². The van der Waals surface area contributed by atoms with E-state index in [0.29, 0.717) is 41.7 Å². The summed E-state index contributed by atoms with van der Waals surface area (Å²) in [6, 6.07) is 0.115. The summed E-state index contributed by atoms with van der Waals surface area (Å²) in [5.74, 6) is 1.47. The molecule has 0 unspecified atom stereocenters. The molecule has 0 amide bonds. The third-order valence-electron chi connectivity index (χ3n) is 10.1. The Labute approximate surface area is 239 Å². The lowest BCUT2D eigenvalue weighted by Gasteiger charge is -2.37. The van der Waals surface area contributed by atoms with E-state index in [4.69, 9.17) is 24.0 Å². The van der Waals surface area contributed by atoms with E-state index in [1.165, 1.54) is 0 Å². The van der Waals surface area contributed by atoms with Gasteiger partial charge in [-0.05, 0) is 78.8 Å². The Kier molecular flexibility index (Phi) is 6.57. The molecule has 0 radical (unpaired) electrons. The molecule has 0 bridgehead atoms. The minimum Gasteiger partial charge on any atom is -0.471 e. The first-order valence-electron chi connectivity index (χ1n) is 15.3. The van der Waals surface area contributed by atoms with Gasteiger partial charge in [-0.25, -0.2) is 9.78 Å². The zero-order valence-corrected chi connectivity index (χ0v) is 24.5. The molecule has 11 nitrogen and oxygen atoms in total. The summed E-state index contributed by atoms with van der Waals surface area (Å²) >= 11 is 0. The summed E-state index contributed by atoms with van der Waals surface area (Å²) in [7, 11) is 3.87. The lowest BCUT2D eigenvalue weighted by molar-refractivity contribution is -0.127. The fraction of sp³-hybridized carbons (Fsp3) is 0.700. The van der Waals surface area contributed by atoms with Crippen LogP contribution in [0.5, 0.6) is 5.88 Å². The van der Waals surface area contributed by atoms with Crippen LogP contribution in [0.1, 0.15) is 88.9 Å². The highest BCUT2D eigenvalue weighted by molar-refractivity contribution is 5.91. The number of likely N-dealkylation sites (tertiary alicyclic amines) is 1. The quantitative estimate of drug-likeness (QED) is 0.457. The van der Waals surface area contributed by atoms with E-state index in [-0.39, 0.29) is 35.8 Å². The van der Waals surface area contributed by atoms with Gasteiger partial charge in [-0.15, -0.1) is 0 Å². The number of ether oxygens (including phenoxy) is 2. The Morgan fingerprint density at radius 1 is 1.07 bits per heavy atom. The van der Waals surface area contributed by atoms with Crippen molar-refractivity contribution in [2.45, 2.75) is 108 Å². The maximum Gasteiger partial charge on any atom is 0.330 e. The highest BCUT2D eigenvalue weighted by atomic mass is 16.5. The van der Waals surface area contributed by atoms with E-state index in [2.05, 4.69) is 24.0 Å². The predicted octanol–water partition coefficient (Wildman–Crippen LogP) is 3.71. The number of Topliss-reactive ketones (excluding diaryl/α,β-unsaturated/α-hetero) is 1. The lowest BCUT2D eigenvalue weighted by atomic mass is 9.64. The monoisotopic (exact) mass is 564 g/mol.